The fraction of sp³-hybridized carbons (Fsp3) is 0.538. The van der Waals surface area contributed by atoms with Crippen LogP contribution in [0, 0.1) is 0 Å². The molecular weight excluding hydrogens is 266 g/mol. The molecule has 0 aliphatic carbocycles. The molecule has 0 saturated heterocycles. The first kappa shape index (κ1) is 13.5. The predicted octanol–water partition coefficient (Wildman–Crippen LogP) is 3.91. The Kier molecular flexibility index (Phi) is 5.85. The largest absolute Gasteiger partial charge is 0.494 e. The molecule has 0 aromatic heterocycles. The van der Waals surface area contributed by atoms with Crippen molar-refractivity contribution in [3.63, 3.8) is 0 Å². The Morgan fingerprint density at radius 1 is 1.38 bits per heavy atom. The highest BCUT2D eigenvalue weighted by Gasteiger charge is 2.08. The molecule has 3 heteroatoms. The Hall–Kier alpha value is -0.540. The maximum atomic E-state index is 5.58. The van der Waals surface area contributed by atoms with Gasteiger partial charge in [-0.3, -0.25) is 0 Å². The molecule has 1 aromatic rings. The van der Waals surface area contributed by atoms with E-state index in [0.717, 1.165) is 29.8 Å². The molecule has 0 bridgehead atoms. The van der Waals surface area contributed by atoms with Gasteiger partial charge in [0.1, 0.15) is 5.75 Å². The van der Waals surface area contributed by atoms with Crippen LogP contribution in [0.3, 0.4) is 0 Å². The van der Waals surface area contributed by atoms with Crippen LogP contribution >= 0.6 is 15.9 Å². The molecule has 0 saturated carbocycles. The van der Waals surface area contributed by atoms with E-state index in [1.54, 1.807) is 0 Å². The lowest BCUT2D eigenvalue weighted by molar-refractivity contribution is 0.317. The molecule has 1 rings (SSSR count). The summed E-state index contributed by atoms with van der Waals surface area (Å²) in [5.41, 5.74) is 1.27. The molecule has 1 unspecified atom stereocenters. The zero-order chi connectivity index (χ0) is 12.0. The molecule has 90 valence electrons. The molecular formula is C13H20BrNO. The summed E-state index contributed by atoms with van der Waals surface area (Å²) in [6.45, 7) is 8.13. The first-order valence-electron chi connectivity index (χ1n) is 5.84. The van der Waals surface area contributed by atoms with Crippen LogP contribution in [0.25, 0.3) is 0 Å². The molecule has 0 aliphatic heterocycles. The molecule has 0 amide bonds. The Morgan fingerprint density at radius 2 is 2.12 bits per heavy atom. The SMILES string of the molecule is CCCOc1ccc(C(C)NCC)c(Br)c1. The zero-order valence-electron chi connectivity index (χ0n) is 10.2. The first-order chi connectivity index (χ1) is 7.69. The Morgan fingerprint density at radius 3 is 2.69 bits per heavy atom. The predicted molar refractivity (Wildman–Crippen MR) is 72.0 cm³/mol. The lowest BCUT2D eigenvalue weighted by atomic mass is 10.1. The summed E-state index contributed by atoms with van der Waals surface area (Å²) in [6, 6.07) is 6.55. The number of hydrogen-bond acceptors (Lipinski definition) is 2. The van der Waals surface area contributed by atoms with Gasteiger partial charge in [0, 0.05) is 10.5 Å². The molecule has 2 nitrogen and oxygen atoms in total. The topological polar surface area (TPSA) is 21.3 Å². The van der Waals surface area contributed by atoms with E-state index in [-0.39, 0.29) is 0 Å². The Labute approximate surface area is 107 Å². The van der Waals surface area contributed by atoms with Gasteiger partial charge in [-0.2, -0.15) is 0 Å². The van der Waals surface area contributed by atoms with Gasteiger partial charge in [0.05, 0.1) is 6.61 Å². The number of halogens is 1. The van der Waals surface area contributed by atoms with Crippen molar-refractivity contribution >= 4 is 15.9 Å². The lowest BCUT2D eigenvalue weighted by Gasteiger charge is -2.15. The highest BCUT2D eigenvalue weighted by Crippen LogP contribution is 2.27. The van der Waals surface area contributed by atoms with Crippen LogP contribution in [0.1, 0.15) is 38.8 Å². The molecule has 0 fully saturated rings. The third kappa shape index (κ3) is 3.80. The molecule has 1 N–H and O–H groups in total. The third-order valence-electron chi connectivity index (χ3n) is 2.42. The van der Waals surface area contributed by atoms with Crippen LogP contribution in [0.15, 0.2) is 22.7 Å². The average molecular weight is 286 g/mol. The van der Waals surface area contributed by atoms with Gasteiger partial charge in [-0.1, -0.05) is 35.8 Å². The minimum absolute atomic E-state index is 0.361. The van der Waals surface area contributed by atoms with Gasteiger partial charge in [-0.25, -0.2) is 0 Å². The van der Waals surface area contributed by atoms with Gasteiger partial charge in [0.15, 0.2) is 0 Å². The summed E-state index contributed by atoms with van der Waals surface area (Å²) >= 11 is 3.59. The average Bonchev–Trinajstić information content (AvgIpc) is 2.26. The summed E-state index contributed by atoms with van der Waals surface area (Å²) in [4.78, 5) is 0. The molecule has 0 aliphatic rings. The zero-order valence-corrected chi connectivity index (χ0v) is 11.8. The van der Waals surface area contributed by atoms with Crippen molar-refractivity contribution in [3.05, 3.63) is 28.2 Å². The highest BCUT2D eigenvalue weighted by atomic mass is 79.9. The summed E-state index contributed by atoms with van der Waals surface area (Å²) in [6.07, 6.45) is 1.03. The quantitative estimate of drug-likeness (QED) is 0.856. The minimum Gasteiger partial charge on any atom is -0.494 e. The van der Waals surface area contributed by atoms with E-state index in [9.17, 15) is 0 Å². The van der Waals surface area contributed by atoms with Gasteiger partial charge < -0.3 is 10.1 Å². The van der Waals surface area contributed by atoms with Crippen molar-refractivity contribution < 1.29 is 4.74 Å². The second-order valence-corrected chi connectivity index (χ2v) is 4.67. The van der Waals surface area contributed by atoms with E-state index < -0.39 is 0 Å². The summed E-state index contributed by atoms with van der Waals surface area (Å²) in [7, 11) is 0. The van der Waals surface area contributed by atoms with Crippen molar-refractivity contribution in [2.45, 2.75) is 33.2 Å². The molecule has 1 atom stereocenters. The lowest BCUT2D eigenvalue weighted by Crippen LogP contribution is -2.18. The molecule has 1 aromatic carbocycles. The smallest absolute Gasteiger partial charge is 0.120 e. The van der Waals surface area contributed by atoms with E-state index in [1.165, 1.54) is 5.56 Å². The van der Waals surface area contributed by atoms with E-state index in [1.807, 2.05) is 12.1 Å². The second-order valence-electron chi connectivity index (χ2n) is 3.81. The van der Waals surface area contributed by atoms with Crippen LogP contribution in [-0.2, 0) is 0 Å². The van der Waals surface area contributed by atoms with E-state index in [0.29, 0.717) is 6.04 Å². The van der Waals surface area contributed by atoms with Crippen molar-refractivity contribution in [2.75, 3.05) is 13.2 Å². The minimum atomic E-state index is 0.361. The first-order valence-corrected chi connectivity index (χ1v) is 6.64. The summed E-state index contributed by atoms with van der Waals surface area (Å²) in [5.74, 6) is 0.932. The van der Waals surface area contributed by atoms with Crippen LogP contribution in [-0.4, -0.2) is 13.2 Å². The number of benzene rings is 1. The molecule has 0 spiro atoms. The van der Waals surface area contributed by atoms with Crippen molar-refractivity contribution in [1.82, 2.24) is 5.32 Å². The van der Waals surface area contributed by atoms with Crippen LogP contribution in [0.2, 0.25) is 0 Å². The van der Waals surface area contributed by atoms with Gasteiger partial charge in [0.25, 0.3) is 0 Å². The number of hydrogen-bond donors (Lipinski definition) is 1. The highest BCUT2D eigenvalue weighted by molar-refractivity contribution is 9.10. The van der Waals surface area contributed by atoms with Crippen molar-refractivity contribution in [2.24, 2.45) is 0 Å². The maximum Gasteiger partial charge on any atom is 0.120 e. The maximum absolute atomic E-state index is 5.58. The Bertz CT molecular complexity index is 328. The number of rotatable bonds is 6. The van der Waals surface area contributed by atoms with E-state index >= 15 is 0 Å². The van der Waals surface area contributed by atoms with Gasteiger partial charge in [0.2, 0.25) is 0 Å². The fourth-order valence-electron chi connectivity index (χ4n) is 1.58. The fourth-order valence-corrected chi connectivity index (χ4v) is 2.29. The summed E-state index contributed by atoms with van der Waals surface area (Å²) in [5, 5.41) is 3.39. The summed E-state index contributed by atoms with van der Waals surface area (Å²) < 4.78 is 6.69. The van der Waals surface area contributed by atoms with E-state index in [4.69, 9.17) is 4.74 Å². The van der Waals surface area contributed by atoms with Gasteiger partial charge >= 0.3 is 0 Å². The normalized spacial score (nSPS) is 12.5. The molecule has 0 radical (unpaired) electrons. The number of ether oxygens (including phenoxy) is 1. The van der Waals surface area contributed by atoms with E-state index in [2.05, 4.69) is 48.1 Å². The Balaban J connectivity index is 2.74. The van der Waals surface area contributed by atoms with Crippen LogP contribution in [0.4, 0.5) is 0 Å². The van der Waals surface area contributed by atoms with Gasteiger partial charge in [-0.15, -0.1) is 0 Å². The monoisotopic (exact) mass is 285 g/mol. The van der Waals surface area contributed by atoms with Crippen LogP contribution in [0.5, 0.6) is 5.75 Å². The second kappa shape index (κ2) is 6.92. The molecule has 16 heavy (non-hydrogen) atoms. The molecule has 0 heterocycles. The van der Waals surface area contributed by atoms with Crippen molar-refractivity contribution in [3.8, 4) is 5.75 Å². The van der Waals surface area contributed by atoms with Crippen molar-refractivity contribution in [1.29, 1.82) is 0 Å². The standard InChI is InChI=1S/C13H20BrNO/c1-4-8-16-11-6-7-12(13(14)9-11)10(3)15-5-2/h6-7,9-10,15H,4-5,8H2,1-3H3. The van der Waals surface area contributed by atoms with Gasteiger partial charge in [-0.05, 0) is 37.6 Å². The number of nitrogens with one attached hydrogen (secondary N) is 1. The third-order valence-corrected chi connectivity index (χ3v) is 3.11. The van der Waals surface area contributed by atoms with Crippen LogP contribution < -0.4 is 10.1 Å².